The molecule has 0 aliphatic heterocycles. The third-order valence-electron chi connectivity index (χ3n) is 6.87. The summed E-state index contributed by atoms with van der Waals surface area (Å²) in [5.41, 5.74) is 2.23. The zero-order valence-electron chi connectivity index (χ0n) is 20.2. The lowest BCUT2D eigenvalue weighted by molar-refractivity contribution is 0.0900. The Kier molecular flexibility index (Phi) is 9.92. The van der Waals surface area contributed by atoms with Gasteiger partial charge in [0.2, 0.25) is 0 Å². The Morgan fingerprint density at radius 2 is 1.66 bits per heavy atom. The van der Waals surface area contributed by atoms with Gasteiger partial charge in [0.1, 0.15) is 0 Å². The lowest BCUT2D eigenvalue weighted by atomic mass is 9.70. The smallest absolute Gasteiger partial charge is 0.0950 e. The van der Waals surface area contributed by atoms with Crippen LogP contribution in [0.15, 0.2) is 73.5 Å². The van der Waals surface area contributed by atoms with Crippen molar-refractivity contribution in [1.82, 2.24) is 0 Å². The van der Waals surface area contributed by atoms with Gasteiger partial charge in [0.15, 0.2) is 0 Å². The Morgan fingerprint density at radius 3 is 2.22 bits per heavy atom. The Hall–Kier alpha value is -1.70. The van der Waals surface area contributed by atoms with E-state index in [1.165, 1.54) is 11.1 Å². The first kappa shape index (κ1) is 26.6. The summed E-state index contributed by atoms with van der Waals surface area (Å²) >= 11 is 12.5. The Balaban J connectivity index is 2.38. The van der Waals surface area contributed by atoms with E-state index in [1.807, 2.05) is 30.3 Å². The van der Waals surface area contributed by atoms with Crippen molar-refractivity contribution >= 4 is 23.2 Å². The van der Waals surface area contributed by atoms with E-state index in [1.54, 1.807) is 0 Å². The number of hydrogen-bond acceptors (Lipinski definition) is 1. The van der Waals surface area contributed by atoms with Gasteiger partial charge in [0, 0.05) is 15.5 Å². The summed E-state index contributed by atoms with van der Waals surface area (Å²) in [4.78, 5) is 0. The highest BCUT2D eigenvalue weighted by Gasteiger charge is 2.35. The second-order valence-electron chi connectivity index (χ2n) is 9.71. The molecule has 174 valence electrons. The fourth-order valence-corrected chi connectivity index (χ4v) is 4.36. The molecule has 2 aromatic rings. The van der Waals surface area contributed by atoms with E-state index in [-0.39, 0.29) is 17.3 Å². The van der Waals surface area contributed by atoms with Crippen molar-refractivity contribution in [1.29, 1.82) is 0 Å². The Bertz CT molecular complexity index is 886. The molecule has 2 aromatic carbocycles. The highest BCUT2D eigenvalue weighted by molar-refractivity contribution is 6.30. The van der Waals surface area contributed by atoms with Crippen LogP contribution in [0.3, 0.4) is 0 Å². The lowest BCUT2D eigenvalue weighted by Crippen LogP contribution is -2.26. The number of hydrogen-bond donors (Lipinski definition) is 0. The number of halogens is 2. The lowest BCUT2D eigenvalue weighted by Gasteiger charge is -2.37. The van der Waals surface area contributed by atoms with Crippen LogP contribution >= 0.6 is 23.2 Å². The molecule has 0 aromatic heterocycles. The van der Waals surface area contributed by atoms with Crippen LogP contribution in [-0.2, 0) is 4.74 Å². The van der Waals surface area contributed by atoms with Crippen LogP contribution in [0, 0.1) is 17.3 Å². The molecule has 0 N–H and O–H groups in total. The SMILES string of the molecule is C=CC[C@@](C)(C[C@H](c1cccc(Cl)c1)[C@H](C)c1ccc(Cl)cc1)C(=C)OCC(C)C(C)C. The molecule has 0 spiro atoms. The molecular weight excluding hydrogens is 435 g/mol. The van der Waals surface area contributed by atoms with Gasteiger partial charge in [-0.1, -0.05) is 94.7 Å². The zero-order valence-corrected chi connectivity index (χ0v) is 21.7. The molecule has 2 rings (SSSR count). The highest BCUT2D eigenvalue weighted by atomic mass is 35.5. The normalized spacial score (nSPS) is 16.1. The zero-order chi connectivity index (χ0) is 23.9. The van der Waals surface area contributed by atoms with E-state index in [0.717, 1.165) is 28.6 Å². The first-order chi connectivity index (χ1) is 15.1. The minimum atomic E-state index is -0.244. The van der Waals surface area contributed by atoms with Crippen LogP contribution in [0.25, 0.3) is 0 Å². The summed E-state index contributed by atoms with van der Waals surface area (Å²) in [6.07, 6.45) is 3.65. The van der Waals surface area contributed by atoms with E-state index in [0.29, 0.717) is 18.4 Å². The summed E-state index contributed by atoms with van der Waals surface area (Å²) in [6, 6.07) is 16.4. The maximum Gasteiger partial charge on any atom is 0.0950 e. The van der Waals surface area contributed by atoms with E-state index in [2.05, 4.69) is 72.0 Å². The number of allylic oxidation sites excluding steroid dienone is 2. The van der Waals surface area contributed by atoms with E-state index in [9.17, 15) is 0 Å². The standard InChI is InChI=1S/C29H38Cl2O/c1-8-16-29(7,23(6)32-19-21(4)20(2)3)18-28(25-10-9-11-27(31)17-25)22(5)24-12-14-26(30)15-13-24/h8-15,17,20-22,28H,1,6,16,18-19H2,2-5,7H3/t21?,22-,28+,29+/m1/s1. The van der Waals surface area contributed by atoms with Gasteiger partial charge >= 0.3 is 0 Å². The van der Waals surface area contributed by atoms with Crippen molar-refractivity contribution in [3.05, 3.63) is 94.7 Å². The van der Waals surface area contributed by atoms with E-state index >= 15 is 0 Å². The first-order valence-electron chi connectivity index (χ1n) is 11.5. The highest BCUT2D eigenvalue weighted by Crippen LogP contribution is 2.46. The molecule has 0 radical (unpaired) electrons. The molecule has 0 amide bonds. The molecule has 4 atom stereocenters. The van der Waals surface area contributed by atoms with Crippen LogP contribution < -0.4 is 0 Å². The third kappa shape index (κ3) is 7.15. The van der Waals surface area contributed by atoms with Crippen LogP contribution in [0.5, 0.6) is 0 Å². The van der Waals surface area contributed by atoms with Gasteiger partial charge in [-0.05, 0) is 71.9 Å². The molecule has 0 fully saturated rings. The van der Waals surface area contributed by atoms with Gasteiger partial charge in [0.25, 0.3) is 0 Å². The summed E-state index contributed by atoms with van der Waals surface area (Å²) in [7, 11) is 0. The van der Waals surface area contributed by atoms with Crippen molar-refractivity contribution in [3.8, 4) is 0 Å². The van der Waals surface area contributed by atoms with Crippen molar-refractivity contribution in [3.63, 3.8) is 0 Å². The molecular formula is C29H38Cl2O. The fraction of sp³-hybridized carbons (Fsp3) is 0.448. The fourth-order valence-electron chi connectivity index (χ4n) is 4.03. The monoisotopic (exact) mass is 472 g/mol. The molecule has 0 heterocycles. The van der Waals surface area contributed by atoms with Gasteiger partial charge in [0.05, 0.1) is 12.4 Å². The summed E-state index contributed by atoms with van der Waals surface area (Å²) in [5, 5.41) is 1.50. The van der Waals surface area contributed by atoms with Crippen LogP contribution in [-0.4, -0.2) is 6.61 Å². The maximum absolute atomic E-state index is 6.39. The number of benzene rings is 2. The molecule has 0 saturated heterocycles. The van der Waals surface area contributed by atoms with Crippen molar-refractivity contribution in [2.24, 2.45) is 17.3 Å². The van der Waals surface area contributed by atoms with Gasteiger partial charge in [-0.2, -0.15) is 0 Å². The molecule has 1 unspecified atom stereocenters. The van der Waals surface area contributed by atoms with Crippen molar-refractivity contribution in [2.45, 2.75) is 59.3 Å². The van der Waals surface area contributed by atoms with Gasteiger partial charge in [-0.25, -0.2) is 0 Å². The van der Waals surface area contributed by atoms with Crippen molar-refractivity contribution < 1.29 is 4.74 Å². The van der Waals surface area contributed by atoms with Crippen LogP contribution in [0.4, 0.5) is 0 Å². The molecule has 3 heteroatoms. The summed E-state index contributed by atoms with van der Waals surface area (Å²) < 4.78 is 6.26. The first-order valence-corrected chi connectivity index (χ1v) is 12.3. The second kappa shape index (κ2) is 12.0. The molecule has 0 saturated carbocycles. The average Bonchev–Trinajstić information content (AvgIpc) is 2.75. The van der Waals surface area contributed by atoms with Gasteiger partial charge in [-0.3, -0.25) is 0 Å². The van der Waals surface area contributed by atoms with Crippen LogP contribution in [0.2, 0.25) is 10.0 Å². The predicted molar refractivity (Wildman–Crippen MR) is 141 cm³/mol. The molecule has 32 heavy (non-hydrogen) atoms. The largest absolute Gasteiger partial charge is 0.498 e. The predicted octanol–water partition coefficient (Wildman–Crippen LogP) is 9.68. The minimum absolute atomic E-state index is 0.225. The van der Waals surface area contributed by atoms with Gasteiger partial charge < -0.3 is 4.74 Å². The number of ether oxygens (including phenoxy) is 1. The number of rotatable bonds is 12. The topological polar surface area (TPSA) is 9.23 Å². The molecule has 0 aliphatic rings. The van der Waals surface area contributed by atoms with Crippen LogP contribution in [0.1, 0.15) is 70.4 Å². The Morgan fingerprint density at radius 1 is 1.00 bits per heavy atom. The van der Waals surface area contributed by atoms with E-state index in [4.69, 9.17) is 27.9 Å². The Labute approximate surface area is 205 Å². The second-order valence-corrected chi connectivity index (χ2v) is 10.6. The average molecular weight is 474 g/mol. The molecule has 0 bridgehead atoms. The van der Waals surface area contributed by atoms with Crippen molar-refractivity contribution in [2.75, 3.05) is 6.61 Å². The maximum atomic E-state index is 6.39. The third-order valence-corrected chi connectivity index (χ3v) is 7.36. The summed E-state index contributed by atoms with van der Waals surface area (Å²) in [6.45, 7) is 20.3. The summed E-state index contributed by atoms with van der Waals surface area (Å²) in [5.74, 6) is 2.36. The molecule has 1 nitrogen and oxygen atoms in total. The van der Waals surface area contributed by atoms with E-state index < -0.39 is 0 Å². The minimum Gasteiger partial charge on any atom is -0.498 e. The van der Waals surface area contributed by atoms with Gasteiger partial charge in [-0.15, -0.1) is 6.58 Å². The molecule has 0 aliphatic carbocycles. The quantitative estimate of drug-likeness (QED) is 0.220.